The number of fused-ring (bicyclic) bond motifs is 3. The Bertz CT molecular complexity index is 1600. The summed E-state index contributed by atoms with van der Waals surface area (Å²) in [5, 5.41) is 28.2. The van der Waals surface area contributed by atoms with E-state index < -0.39 is 16.9 Å². The van der Waals surface area contributed by atoms with Gasteiger partial charge in [-0.1, -0.05) is 52.8 Å². The third kappa shape index (κ3) is 5.84. The van der Waals surface area contributed by atoms with Gasteiger partial charge in [-0.25, -0.2) is 4.98 Å². The molecule has 2 aromatic carbocycles. The number of anilines is 1. The van der Waals surface area contributed by atoms with E-state index in [1.807, 2.05) is 49.4 Å². The Morgan fingerprint density at radius 1 is 1.09 bits per heavy atom. The summed E-state index contributed by atoms with van der Waals surface area (Å²) in [6.07, 6.45) is 1.41. The topological polar surface area (TPSA) is 130 Å². The van der Waals surface area contributed by atoms with E-state index in [9.17, 15) is 19.8 Å². The maximum atomic E-state index is 13.5. The smallest absolute Gasteiger partial charge is 0.257 e. The monoisotopic (exact) mass is 633 g/mol. The van der Waals surface area contributed by atoms with Crippen LogP contribution in [0, 0.1) is 16.7 Å². The molecular weight excluding hydrogens is 590 g/mol. The first kappa shape index (κ1) is 31.5. The number of amides is 2. The molecule has 2 aliphatic carbocycles. The Kier molecular flexibility index (Phi) is 8.20. The van der Waals surface area contributed by atoms with Gasteiger partial charge in [0.25, 0.3) is 5.91 Å². The van der Waals surface area contributed by atoms with Gasteiger partial charge in [0, 0.05) is 34.7 Å². The molecular formula is C35H43N3O6S. The van der Waals surface area contributed by atoms with Crippen molar-refractivity contribution in [3.63, 3.8) is 0 Å². The summed E-state index contributed by atoms with van der Waals surface area (Å²) in [5.74, 6) is 0.679. The number of ether oxygens (including phenoxy) is 2. The molecule has 1 saturated carbocycles. The standard InChI is InChI=1S/C35H43N3O6S/c1-33(2,3)22-9-7-21(8-10-22)31(42)38-32-37-30-23(15-29(41)36-17-20-6-11-24-25(14-20)44-19-43-24)34(4)13-12-28(40)35(5,18-39)27(34)16-26(30)45-32/h6-11,14,23,27-28,39-40H,12-13,15-19H2,1-5H3,(H,36,41)(H,37,38,42). The first-order chi connectivity index (χ1) is 21.3. The Balaban J connectivity index is 1.26. The zero-order chi connectivity index (χ0) is 32.1. The van der Waals surface area contributed by atoms with Gasteiger partial charge in [0.2, 0.25) is 12.7 Å². The highest BCUT2D eigenvalue weighted by atomic mass is 32.1. The quantitative estimate of drug-likeness (QED) is 0.269. The molecule has 1 fully saturated rings. The van der Waals surface area contributed by atoms with Gasteiger partial charge >= 0.3 is 0 Å². The van der Waals surface area contributed by atoms with Crippen LogP contribution in [0.15, 0.2) is 42.5 Å². The predicted molar refractivity (Wildman–Crippen MR) is 173 cm³/mol. The SMILES string of the molecule is CC(C)(C)c1ccc(C(=O)Nc2nc3c(s2)CC2C(C)(CO)C(O)CCC2(C)C3CC(=O)NCc2ccc3c(c2)OCO3)cc1. The summed E-state index contributed by atoms with van der Waals surface area (Å²) >= 11 is 1.42. The molecule has 0 spiro atoms. The zero-order valence-corrected chi connectivity index (χ0v) is 27.4. The van der Waals surface area contributed by atoms with Crippen LogP contribution in [0.3, 0.4) is 0 Å². The average molecular weight is 634 g/mol. The number of rotatable bonds is 7. The highest BCUT2D eigenvalue weighted by molar-refractivity contribution is 7.15. The van der Waals surface area contributed by atoms with Gasteiger partial charge in [-0.2, -0.15) is 0 Å². The molecule has 240 valence electrons. The fourth-order valence-corrected chi connectivity index (χ4v) is 8.56. The van der Waals surface area contributed by atoms with Gasteiger partial charge in [-0.05, 0) is 71.4 Å². The van der Waals surface area contributed by atoms with E-state index in [-0.39, 0.29) is 48.9 Å². The third-order valence-corrected chi connectivity index (χ3v) is 11.5. The Morgan fingerprint density at radius 3 is 2.53 bits per heavy atom. The van der Waals surface area contributed by atoms with Crippen LogP contribution in [0.1, 0.15) is 91.9 Å². The minimum absolute atomic E-state index is 0.0152. The molecule has 1 aromatic heterocycles. The van der Waals surface area contributed by atoms with E-state index in [4.69, 9.17) is 14.5 Å². The normalized spacial score (nSPS) is 27.0. The molecule has 3 aromatic rings. The molecule has 45 heavy (non-hydrogen) atoms. The maximum Gasteiger partial charge on any atom is 0.257 e. The van der Waals surface area contributed by atoms with Gasteiger partial charge in [0.1, 0.15) is 0 Å². The summed E-state index contributed by atoms with van der Waals surface area (Å²) in [4.78, 5) is 32.7. The highest BCUT2D eigenvalue weighted by Gasteiger charge is 2.59. The molecule has 10 heteroatoms. The lowest BCUT2D eigenvalue weighted by atomic mass is 9.47. The van der Waals surface area contributed by atoms with Crippen LogP contribution in [0.2, 0.25) is 0 Å². The summed E-state index contributed by atoms with van der Waals surface area (Å²) in [7, 11) is 0. The molecule has 0 bridgehead atoms. The number of carbonyl (C=O) groups is 2. The number of carbonyl (C=O) groups excluding carboxylic acids is 2. The van der Waals surface area contributed by atoms with Crippen molar-refractivity contribution >= 4 is 28.3 Å². The molecule has 3 aliphatic rings. The number of aromatic nitrogens is 1. The molecule has 5 atom stereocenters. The van der Waals surface area contributed by atoms with Crippen LogP contribution in [0.4, 0.5) is 5.13 Å². The van der Waals surface area contributed by atoms with Crippen molar-refractivity contribution in [3.8, 4) is 11.5 Å². The number of nitrogens with zero attached hydrogens (tertiary/aromatic N) is 1. The summed E-state index contributed by atoms with van der Waals surface area (Å²) in [6, 6.07) is 13.3. The predicted octanol–water partition coefficient (Wildman–Crippen LogP) is 5.54. The lowest BCUT2D eigenvalue weighted by Gasteiger charge is -2.58. The van der Waals surface area contributed by atoms with E-state index in [1.165, 1.54) is 11.3 Å². The van der Waals surface area contributed by atoms with Gasteiger partial charge in [0.15, 0.2) is 16.6 Å². The zero-order valence-electron chi connectivity index (χ0n) is 26.6. The minimum Gasteiger partial charge on any atom is -0.454 e. The molecule has 5 unspecified atom stereocenters. The van der Waals surface area contributed by atoms with Crippen LogP contribution in [-0.4, -0.2) is 46.5 Å². The second-order valence-electron chi connectivity index (χ2n) is 14.3. The molecule has 9 nitrogen and oxygen atoms in total. The molecule has 1 aliphatic heterocycles. The van der Waals surface area contributed by atoms with Crippen LogP contribution in [0.25, 0.3) is 0 Å². The van der Waals surface area contributed by atoms with Gasteiger partial charge in [0.05, 0.1) is 18.4 Å². The molecule has 2 amide bonds. The number of hydrogen-bond acceptors (Lipinski definition) is 8. The Hall–Kier alpha value is -3.47. The van der Waals surface area contributed by atoms with Crippen LogP contribution >= 0.6 is 11.3 Å². The van der Waals surface area contributed by atoms with E-state index in [1.54, 1.807) is 0 Å². The second-order valence-corrected chi connectivity index (χ2v) is 15.4. The van der Waals surface area contributed by atoms with Crippen molar-refractivity contribution in [1.29, 1.82) is 0 Å². The van der Waals surface area contributed by atoms with Gasteiger partial charge in [-0.15, -0.1) is 11.3 Å². The lowest BCUT2D eigenvalue weighted by molar-refractivity contribution is -0.144. The fraction of sp³-hybridized carbons (Fsp3) is 0.514. The second kappa shape index (κ2) is 11.7. The largest absolute Gasteiger partial charge is 0.454 e. The number of nitrogens with one attached hydrogen (secondary N) is 2. The number of aliphatic hydroxyl groups excluding tert-OH is 2. The van der Waals surface area contributed by atoms with Crippen molar-refractivity contribution < 1.29 is 29.3 Å². The molecule has 4 N–H and O–H groups in total. The maximum absolute atomic E-state index is 13.5. The van der Waals surface area contributed by atoms with Crippen LogP contribution in [0.5, 0.6) is 11.5 Å². The van der Waals surface area contributed by atoms with E-state index in [2.05, 4.69) is 38.3 Å². The van der Waals surface area contributed by atoms with Crippen molar-refractivity contribution in [2.45, 2.75) is 84.3 Å². The van der Waals surface area contributed by atoms with Crippen LogP contribution in [-0.2, 0) is 23.2 Å². The highest BCUT2D eigenvalue weighted by Crippen LogP contribution is 2.62. The van der Waals surface area contributed by atoms with Gasteiger partial charge < -0.3 is 25.0 Å². The summed E-state index contributed by atoms with van der Waals surface area (Å²) in [5.41, 5.74) is 2.29. The average Bonchev–Trinajstić information content (AvgIpc) is 3.65. The van der Waals surface area contributed by atoms with Crippen LogP contribution < -0.4 is 20.1 Å². The van der Waals surface area contributed by atoms with Crippen molar-refractivity contribution in [2.24, 2.45) is 16.7 Å². The minimum atomic E-state index is -0.728. The van der Waals surface area contributed by atoms with E-state index >= 15 is 0 Å². The Morgan fingerprint density at radius 2 is 1.82 bits per heavy atom. The van der Waals surface area contributed by atoms with E-state index in [0.29, 0.717) is 48.0 Å². The summed E-state index contributed by atoms with van der Waals surface area (Å²) in [6.45, 7) is 10.9. The number of hydrogen-bond donors (Lipinski definition) is 4. The first-order valence-electron chi connectivity index (χ1n) is 15.7. The van der Waals surface area contributed by atoms with Crippen molar-refractivity contribution in [2.75, 3.05) is 18.7 Å². The molecule has 6 rings (SSSR count). The molecule has 0 radical (unpaired) electrons. The van der Waals surface area contributed by atoms with Crippen molar-refractivity contribution in [3.05, 3.63) is 69.7 Å². The molecule has 2 heterocycles. The Labute approximate surface area is 268 Å². The number of thiazole rings is 1. The van der Waals surface area contributed by atoms with E-state index in [0.717, 1.165) is 21.7 Å². The third-order valence-electron chi connectivity index (χ3n) is 10.4. The number of aliphatic hydroxyl groups is 2. The lowest BCUT2D eigenvalue weighted by Crippen LogP contribution is -2.57. The first-order valence-corrected chi connectivity index (χ1v) is 16.5. The van der Waals surface area contributed by atoms with Gasteiger partial charge in [-0.3, -0.25) is 14.9 Å². The fourth-order valence-electron chi connectivity index (χ4n) is 7.50. The molecule has 0 saturated heterocycles. The number of benzene rings is 2. The summed E-state index contributed by atoms with van der Waals surface area (Å²) < 4.78 is 10.9. The van der Waals surface area contributed by atoms with Crippen molar-refractivity contribution in [1.82, 2.24) is 10.3 Å².